The van der Waals surface area contributed by atoms with Crippen LogP contribution in [0.1, 0.15) is 18.4 Å². The molecule has 1 heterocycles. The van der Waals surface area contributed by atoms with E-state index in [0.717, 1.165) is 6.42 Å². The van der Waals surface area contributed by atoms with Gasteiger partial charge in [-0.15, -0.1) is 0 Å². The molecule has 0 amide bonds. The average Bonchev–Trinajstić information content (AvgIpc) is 2.49. The molecule has 1 aromatic carbocycles. The smallest absolute Gasteiger partial charge is 0.246 e. The zero-order valence-corrected chi connectivity index (χ0v) is 14.0. The normalized spacial score (nSPS) is 20.7. The zero-order valence-electron chi connectivity index (χ0n) is 11.6. The van der Waals surface area contributed by atoms with Crippen molar-refractivity contribution in [3.05, 3.63) is 28.0 Å². The van der Waals surface area contributed by atoms with Crippen LogP contribution >= 0.6 is 15.9 Å². The Kier molecular flexibility index (Phi) is 5.37. The Morgan fingerprint density at radius 2 is 2.24 bits per heavy atom. The molecule has 8 heteroatoms. The predicted molar refractivity (Wildman–Crippen MR) is 78.8 cm³/mol. The lowest BCUT2D eigenvalue weighted by molar-refractivity contribution is 0.0571. The summed E-state index contributed by atoms with van der Waals surface area (Å²) < 4.78 is 46.3. The van der Waals surface area contributed by atoms with Crippen LogP contribution in [0.15, 0.2) is 21.5 Å². The largest absolute Gasteiger partial charge is 0.392 e. The topological polar surface area (TPSA) is 66.8 Å². The Labute approximate surface area is 131 Å². The van der Waals surface area contributed by atoms with Gasteiger partial charge in [-0.1, -0.05) is 15.9 Å². The van der Waals surface area contributed by atoms with Crippen molar-refractivity contribution in [2.24, 2.45) is 0 Å². The third kappa shape index (κ3) is 3.45. The first kappa shape index (κ1) is 16.8. The maximum Gasteiger partial charge on any atom is 0.246 e. The Morgan fingerprint density at radius 1 is 1.52 bits per heavy atom. The van der Waals surface area contributed by atoms with Crippen molar-refractivity contribution in [1.82, 2.24) is 4.31 Å². The van der Waals surface area contributed by atoms with Crippen LogP contribution in [0.25, 0.3) is 0 Å². The van der Waals surface area contributed by atoms with Crippen molar-refractivity contribution in [2.45, 2.75) is 30.4 Å². The van der Waals surface area contributed by atoms with Gasteiger partial charge in [-0.05, 0) is 25.0 Å². The lowest BCUT2D eigenvalue weighted by Crippen LogP contribution is -2.43. The van der Waals surface area contributed by atoms with Crippen LogP contribution in [0.5, 0.6) is 0 Å². The maximum absolute atomic E-state index is 14.3. The molecule has 2 rings (SSSR count). The van der Waals surface area contributed by atoms with E-state index in [0.29, 0.717) is 17.4 Å². The van der Waals surface area contributed by atoms with E-state index in [4.69, 9.17) is 9.84 Å². The maximum atomic E-state index is 14.3. The van der Waals surface area contributed by atoms with Gasteiger partial charge in [0.05, 0.1) is 12.7 Å². The molecule has 1 N–H and O–H groups in total. The summed E-state index contributed by atoms with van der Waals surface area (Å²) in [6.07, 6.45) is 1.27. The first-order valence-corrected chi connectivity index (χ1v) is 8.75. The standard InChI is InChI=1S/C13H17BrFNO4S/c1-20-11-3-2-4-16(7-11)21(18,19)12-6-10(14)5-9(8-17)13(12)15/h5-6,11,17H,2-4,7-8H2,1H3. The highest BCUT2D eigenvalue weighted by atomic mass is 79.9. The van der Waals surface area contributed by atoms with Crippen LogP contribution in [-0.2, 0) is 21.4 Å². The van der Waals surface area contributed by atoms with E-state index in [2.05, 4.69) is 15.9 Å². The molecule has 21 heavy (non-hydrogen) atoms. The molecule has 1 atom stereocenters. The Balaban J connectivity index is 2.42. The van der Waals surface area contributed by atoms with Crippen LogP contribution in [0, 0.1) is 5.82 Å². The fourth-order valence-corrected chi connectivity index (χ4v) is 4.68. The number of ether oxygens (including phenoxy) is 1. The van der Waals surface area contributed by atoms with Gasteiger partial charge in [-0.2, -0.15) is 4.31 Å². The second-order valence-electron chi connectivity index (χ2n) is 4.90. The second-order valence-corrected chi connectivity index (χ2v) is 7.72. The molecule has 0 aromatic heterocycles. The number of methoxy groups -OCH3 is 1. The number of nitrogens with zero attached hydrogens (tertiary/aromatic N) is 1. The zero-order chi connectivity index (χ0) is 15.6. The monoisotopic (exact) mass is 381 g/mol. The number of rotatable bonds is 4. The van der Waals surface area contributed by atoms with E-state index in [-0.39, 0.29) is 18.2 Å². The Hall–Kier alpha value is -0.540. The van der Waals surface area contributed by atoms with Gasteiger partial charge >= 0.3 is 0 Å². The lowest BCUT2D eigenvalue weighted by Gasteiger charge is -2.31. The van der Waals surface area contributed by atoms with Gasteiger partial charge in [0.15, 0.2) is 0 Å². The first-order chi connectivity index (χ1) is 9.90. The number of hydrogen-bond donors (Lipinski definition) is 1. The number of halogens is 2. The summed E-state index contributed by atoms with van der Waals surface area (Å²) in [5.74, 6) is -0.903. The number of hydrogen-bond acceptors (Lipinski definition) is 4. The summed E-state index contributed by atoms with van der Waals surface area (Å²) in [5.41, 5.74) is -0.0525. The SMILES string of the molecule is COC1CCCN(S(=O)(=O)c2cc(Br)cc(CO)c2F)C1. The molecule has 1 aliphatic heterocycles. The molecule has 1 saturated heterocycles. The van der Waals surface area contributed by atoms with E-state index < -0.39 is 27.3 Å². The summed E-state index contributed by atoms with van der Waals surface area (Å²) in [6.45, 7) is -0.0175. The van der Waals surface area contributed by atoms with Crippen molar-refractivity contribution in [3.63, 3.8) is 0 Å². The van der Waals surface area contributed by atoms with Gasteiger partial charge in [0.25, 0.3) is 0 Å². The van der Waals surface area contributed by atoms with Crippen molar-refractivity contribution in [2.75, 3.05) is 20.2 Å². The molecule has 0 bridgehead atoms. The highest BCUT2D eigenvalue weighted by Gasteiger charge is 2.33. The van der Waals surface area contributed by atoms with E-state index in [1.807, 2.05) is 0 Å². The van der Waals surface area contributed by atoms with Gasteiger partial charge in [0.1, 0.15) is 10.7 Å². The molecule has 0 radical (unpaired) electrons. The number of piperidine rings is 1. The minimum Gasteiger partial charge on any atom is -0.392 e. The van der Waals surface area contributed by atoms with E-state index >= 15 is 0 Å². The minimum atomic E-state index is -3.95. The molecule has 1 aliphatic rings. The summed E-state index contributed by atoms with van der Waals surface area (Å²) in [6, 6.07) is 2.59. The van der Waals surface area contributed by atoms with E-state index in [1.165, 1.54) is 23.5 Å². The Bertz CT molecular complexity index is 623. The van der Waals surface area contributed by atoms with Crippen LogP contribution in [0.3, 0.4) is 0 Å². The van der Waals surface area contributed by atoms with Gasteiger partial charge in [0, 0.05) is 30.2 Å². The summed E-state index contributed by atoms with van der Waals surface area (Å²) in [7, 11) is -2.42. The molecule has 1 unspecified atom stereocenters. The third-order valence-corrected chi connectivity index (χ3v) is 5.86. The van der Waals surface area contributed by atoms with Crippen LogP contribution in [-0.4, -0.2) is 44.1 Å². The van der Waals surface area contributed by atoms with Crippen LogP contribution in [0.2, 0.25) is 0 Å². The fraction of sp³-hybridized carbons (Fsp3) is 0.538. The number of sulfonamides is 1. The molecular weight excluding hydrogens is 365 g/mol. The molecule has 0 spiro atoms. The van der Waals surface area contributed by atoms with E-state index in [1.54, 1.807) is 0 Å². The quantitative estimate of drug-likeness (QED) is 0.864. The molecule has 0 saturated carbocycles. The van der Waals surface area contributed by atoms with E-state index in [9.17, 15) is 12.8 Å². The number of aliphatic hydroxyl groups is 1. The van der Waals surface area contributed by atoms with Crippen molar-refractivity contribution in [1.29, 1.82) is 0 Å². The average molecular weight is 382 g/mol. The molecule has 1 fully saturated rings. The molecule has 1 aromatic rings. The van der Waals surface area contributed by atoms with Gasteiger partial charge in [-0.25, -0.2) is 12.8 Å². The minimum absolute atomic E-state index is 0.0525. The fourth-order valence-electron chi connectivity index (χ4n) is 2.38. The summed E-state index contributed by atoms with van der Waals surface area (Å²) in [4.78, 5) is -0.419. The first-order valence-electron chi connectivity index (χ1n) is 6.52. The summed E-state index contributed by atoms with van der Waals surface area (Å²) >= 11 is 3.14. The van der Waals surface area contributed by atoms with Gasteiger partial charge in [-0.3, -0.25) is 0 Å². The van der Waals surface area contributed by atoms with Crippen molar-refractivity contribution in [3.8, 4) is 0 Å². The van der Waals surface area contributed by atoms with Gasteiger partial charge < -0.3 is 9.84 Å². The van der Waals surface area contributed by atoms with Crippen LogP contribution < -0.4 is 0 Å². The highest BCUT2D eigenvalue weighted by molar-refractivity contribution is 9.10. The molecule has 118 valence electrons. The highest BCUT2D eigenvalue weighted by Crippen LogP contribution is 2.28. The van der Waals surface area contributed by atoms with Crippen LogP contribution in [0.4, 0.5) is 4.39 Å². The lowest BCUT2D eigenvalue weighted by atomic mass is 10.1. The second kappa shape index (κ2) is 6.70. The van der Waals surface area contributed by atoms with Crippen molar-refractivity contribution < 1.29 is 22.7 Å². The number of benzene rings is 1. The molecular formula is C13H17BrFNO4S. The predicted octanol–water partition coefficient (Wildman–Crippen LogP) is 1.88. The number of aliphatic hydroxyl groups excluding tert-OH is 1. The third-order valence-electron chi connectivity index (χ3n) is 3.54. The molecule has 5 nitrogen and oxygen atoms in total. The summed E-state index contributed by atoms with van der Waals surface area (Å²) in [5, 5.41) is 9.13. The van der Waals surface area contributed by atoms with Gasteiger partial charge in [0.2, 0.25) is 10.0 Å². The Morgan fingerprint density at radius 3 is 2.86 bits per heavy atom. The van der Waals surface area contributed by atoms with Crippen molar-refractivity contribution >= 4 is 26.0 Å². The molecule has 0 aliphatic carbocycles.